The van der Waals surface area contributed by atoms with Crippen LogP contribution in [0, 0.1) is 18.8 Å². The molecule has 0 aliphatic heterocycles. The fraction of sp³-hybridized carbons (Fsp3) is 0.684. The summed E-state index contributed by atoms with van der Waals surface area (Å²) in [6.45, 7) is 19.3. The van der Waals surface area contributed by atoms with Gasteiger partial charge in [-0.2, -0.15) is 0 Å². The van der Waals surface area contributed by atoms with Crippen molar-refractivity contribution < 1.29 is 0 Å². The third-order valence-corrected chi connectivity index (χ3v) is 1.81. The summed E-state index contributed by atoms with van der Waals surface area (Å²) in [7, 11) is 0. The number of benzene rings is 1. The standard InChI is InChI=1S/C7H8.C6H14.C4H10.C2H6/c1-7-5-3-2-4-6-7;1-4-5-6(2)3;1-4(2)3;1-2/h2-6H,1H3;6H,4-5H2,1-3H3;4H,1-3H3;1-2H3. The van der Waals surface area contributed by atoms with Crippen molar-refractivity contribution in [2.24, 2.45) is 11.8 Å². The second-order valence-corrected chi connectivity index (χ2v) is 5.57. The van der Waals surface area contributed by atoms with Crippen LogP contribution in [0.1, 0.15) is 73.8 Å². The third-order valence-electron chi connectivity index (χ3n) is 1.81. The van der Waals surface area contributed by atoms with Gasteiger partial charge < -0.3 is 0 Å². The van der Waals surface area contributed by atoms with Gasteiger partial charge in [-0.15, -0.1) is 0 Å². The highest BCUT2D eigenvalue weighted by atomic mass is 13.9. The summed E-state index contributed by atoms with van der Waals surface area (Å²) in [6.07, 6.45) is 2.71. The number of hydrogen-bond acceptors (Lipinski definition) is 0. The van der Waals surface area contributed by atoms with Crippen LogP contribution >= 0.6 is 0 Å². The first-order chi connectivity index (χ1) is 8.90. The molecule has 0 aliphatic carbocycles. The minimum absolute atomic E-state index is 0.833. The molecule has 0 amide bonds. The van der Waals surface area contributed by atoms with Crippen molar-refractivity contribution in [3.05, 3.63) is 35.9 Å². The van der Waals surface area contributed by atoms with Gasteiger partial charge in [0.1, 0.15) is 0 Å². The lowest BCUT2D eigenvalue weighted by Gasteiger charge is -1.95. The van der Waals surface area contributed by atoms with Gasteiger partial charge in [-0.3, -0.25) is 0 Å². The number of rotatable bonds is 2. The van der Waals surface area contributed by atoms with Gasteiger partial charge in [0.15, 0.2) is 0 Å². The lowest BCUT2D eigenvalue weighted by molar-refractivity contribution is 0.576. The monoisotopic (exact) mass is 266 g/mol. The van der Waals surface area contributed by atoms with Crippen LogP contribution in [0.25, 0.3) is 0 Å². The molecule has 0 N–H and O–H groups in total. The summed E-state index contributed by atoms with van der Waals surface area (Å²) in [5.41, 5.74) is 1.32. The van der Waals surface area contributed by atoms with Gasteiger partial charge in [0.25, 0.3) is 0 Å². The van der Waals surface area contributed by atoms with Crippen molar-refractivity contribution in [3.63, 3.8) is 0 Å². The average Bonchev–Trinajstić information content (AvgIpc) is 2.32. The van der Waals surface area contributed by atoms with Crippen LogP contribution < -0.4 is 0 Å². The van der Waals surface area contributed by atoms with E-state index >= 15 is 0 Å². The van der Waals surface area contributed by atoms with Gasteiger partial charge in [-0.25, -0.2) is 0 Å². The van der Waals surface area contributed by atoms with Crippen LogP contribution in [0.15, 0.2) is 30.3 Å². The highest BCUT2D eigenvalue weighted by Gasteiger charge is 1.85. The van der Waals surface area contributed by atoms with Crippen molar-refractivity contribution in [1.29, 1.82) is 0 Å². The van der Waals surface area contributed by atoms with Crippen LogP contribution in [-0.4, -0.2) is 0 Å². The maximum absolute atomic E-state index is 2.25. The Morgan fingerprint density at radius 1 is 0.842 bits per heavy atom. The molecule has 0 heterocycles. The summed E-state index contributed by atoms with van der Waals surface area (Å²) >= 11 is 0. The molecule has 0 heteroatoms. The van der Waals surface area contributed by atoms with E-state index in [1.165, 1.54) is 18.4 Å². The zero-order valence-electron chi connectivity index (χ0n) is 15.0. The first-order valence-corrected chi connectivity index (χ1v) is 7.91. The molecule has 0 fully saturated rings. The summed E-state index contributed by atoms with van der Waals surface area (Å²) < 4.78 is 0. The molecule has 1 aromatic rings. The number of aryl methyl sites for hydroxylation is 1. The summed E-state index contributed by atoms with van der Waals surface area (Å²) in [6, 6.07) is 10.3. The Balaban J connectivity index is -0.000000196. The molecule has 0 nitrogen and oxygen atoms in total. The molecule has 0 saturated heterocycles. The molecule has 0 aliphatic rings. The summed E-state index contributed by atoms with van der Waals surface area (Å²) in [4.78, 5) is 0. The Kier molecular flexibility index (Phi) is 24.0. The van der Waals surface area contributed by atoms with E-state index < -0.39 is 0 Å². The lowest BCUT2D eigenvalue weighted by Crippen LogP contribution is -1.81. The van der Waals surface area contributed by atoms with Gasteiger partial charge >= 0.3 is 0 Å². The number of hydrogen-bond donors (Lipinski definition) is 0. The van der Waals surface area contributed by atoms with E-state index in [-0.39, 0.29) is 0 Å². The van der Waals surface area contributed by atoms with Crippen molar-refractivity contribution in [1.82, 2.24) is 0 Å². The van der Waals surface area contributed by atoms with Crippen molar-refractivity contribution in [2.75, 3.05) is 0 Å². The minimum atomic E-state index is 0.833. The van der Waals surface area contributed by atoms with Crippen molar-refractivity contribution in [2.45, 2.75) is 75.2 Å². The fourth-order valence-corrected chi connectivity index (χ4v) is 1.11. The molecular formula is C19H38. The second-order valence-electron chi connectivity index (χ2n) is 5.57. The van der Waals surface area contributed by atoms with E-state index in [9.17, 15) is 0 Å². The van der Waals surface area contributed by atoms with Crippen LogP contribution in [0.5, 0.6) is 0 Å². The molecule has 1 aromatic carbocycles. The zero-order valence-corrected chi connectivity index (χ0v) is 15.0. The minimum Gasteiger partial charge on any atom is -0.0683 e. The highest BCUT2D eigenvalue weighted by molar-refractivity contribution is 5.11. The molecule has 0 unspecified atom stereocenters. The molecule has 0 atom stereocenters. The Bertz CT molecular complexity index is 218. The third kappa shape index (κ3) is 38.2. The molecule has 0 spiro atoms. The molecule has 114 valence electrons. The molecule has 0 aromatic heterocycles. The largest absolute Gasteiger partial charge is 0.0683 e. The van der Waals surface area contributed by atoms with E-state index in [4.69, 9.17) is 0 Å². The molecule has 1 rings (SSSR count). The Morgan fingerprint density at radius 3 is 1.32 bits per heavy atom. The maximum atomic E-state index is 2.25. The summed E-state index contributed by atoms with van der Waals surface area (Å²) in [5.74, 6) is 1.73. The van der Waals surface area contributed by atoms with Crippen molar-refractivity contribution in [3.8, 4) is 0 Å². The molecular weight excluding hydrogens is 228 g/mol. The molecule has 19 heavy (non-hydrogen) atoms. The van der Waals surface area contributed by atoms with Crippen LogP contribution in [0.4, 0.5) is 0 Å². The van der Waals surface area contributed by atoms with Gasteiger partial charge in [0, 0.05) is 0 Å². The summed E-state index contributed by atoms with van der Waals surface area (Å²) in [5, 5.41) is 0. The van der Waals surface area contributed by atoms with E-state index in [1.54, 1.807) is 0 Å². The quantitative estimate of drug-likeness (QED) is 0.534. The van der Waals surface area contributed by atoms with Crippen LogP contribution in [-0.2, 0) is 0 Å². The maximum Gasteiger partial charge on any atom is -0.0398 e. The van der Waals surface area contributed by atoms with E-state index in [0.29, 0.717) is 0 Å². The predicted molar refractivity (Wildman–Crippen MR) is 92.8 cm³/mol. The van der Waals surface area contributed by atoms with Gasteiger partial charge in [0.05, 0.1) is 0 Å². The molecule has 0 radical (unpaired) electrons. The van der Waals surface area contributed by atoms with E-state index in [0.717, 1.165) is 11.8 Å². The fourth-order valence-electron chi connectivity index (χ4n) is 1.11. The van der Waals surface area contributed by atoms with E-state index in [1.807, 2.05) is 32.0 Å². The lowest BCUT2D eigenvalue weighted by atomic mass is 10.1. The highest BCUT2D eigenvalue weighted by Crippen LogP contribution is 2.00. The molecule has 0 bridgehead atoms. The first kappa shape index (κ1) is 23.3. The van der Waals surface area contributed by atoms with Crippen LogP contribution in [0.3, 0.4) is 0 Å². The van der Waals surface area contributed by atoms with E-state index in [2.05, 4.69) is 60.6 Å². The van der Waals surface area contributed by atoms with Crippen molar-refractivity contribution >= 4 is 0 Å². The Morgan fingerprint density at radius 2 is 1.21 bits per heavy atom. The average molecular weight is 267 g/mol. The Hall–Kier alpha value is -0.780. The SMILES string of the molecule is CC.CC(C)C.CCCC(C)C.Cc1ccccc1. The molecule has 0 saturated carbocycles. The smallest absolute Gasteiger partial charge is 0.0398 e. The van der Waals surface area contributed by atoms with Gasteiger partial charge in [0.2, 0.25) is 0 Å². The van der Waals surface area contributed by atoms with Crippen LogP contribution in [0.2, 0.25) is 0 Å². The second kappa shape index (κ2) is 19.6. The normalized spacial score (nSPS) is 8.58. The predicted octanol–water partition coefficient (Wildman–Crippen LogP) is 7.13. The zero-order chi connectivity index (χ0) is 15.7. The first-order valence-electron chi connectivity index (χ1n) is 7.91. The van der Waals surface area contributed by atoms with Gasteiger partial charge in [-0.1, -0.05) is 104 Å². The topological polar surface area (TPSA) is 0 Å². The Labute approximate surface area is 123 Å². The van der Waals surface area contributed by atoms with Gasteiger partial charge in [-0.05, 0) is 18.8 Å².